The van der Waals surface area contributed by atoms with E-state index >= 15 is 0 Å². The molecule has 0 aromatic heterocycles. The fraction of sp³-hybridized carbons (Fsp3) is 0.500. The van der Waals surface area contributed by atoms with Crippen LogP contribution in [0, 0.1) is 0 Å². The summed E-state index contributed by atoms with van der Waals surface area (Å²) in [5, 5.41) is 0. The smallest absolute Gasteiger partial charge is 0.293 e. The van der Waals surface area contributed by atoms with Crippen LogP contribution in [0.2, 0.25) is 0 Å². The second-order valence-corrected chi connectivity index (χ2v) is 7.35. The molecule has 1 heterocycles. The molecule has 1 aliphatic heterocycles. The first-order valence-electron chi connectivity index (χ1n) is 6.81. The summed E-state index contributed by atoms with van der Waals surface area (Å²) in [6, 6.07) is 6.29. The van der Waals surface area contributed by atoms with Crippen molar-refractivity contribution in [1.82, 2.24) is 4.31 Å². The van der Waals surface area contributed by atoms with Gasteiger partial charge < -0.3 is 0 Å². The van der Waals surface area contributed by atoms with Crippen molar-refractivity contribution < 1.29 is 18.9 Å². The third-order valence-electron chi connectivity index (χ3n) is 3.73. The molecule has 2 rings (SSSR count). The van der Waals surface area contributed by atoms with Crippen LogP contribution < -0.4 is 5.73 Å². The molecular formula is C14H21N2O3S+. The molecule has 110 valence electrons. The number of rotatable bonds is 4. The SMILES string of the molecule is CC(C)c1ccc(S(=O)(=O)N2CCCC2C([NH3+])=O)cc1. The van der Waals surface area contributed by atoms with Gasteiger partial charge in [-0.1, -0.05) is 26.0 Å². The second-order valence-electron chi connectivity index (χ2n) is 5.46. The summed E-state index contributed by atoms with van der Waals surface area (Å²) >= 11 is 0. The molecule has 20 heavy (non-hydrogen) atoms. The number of nitrogens with zero attached hydrogens (tertiary/aromatic N) is 1. The van der Waals surface area contributed by atoms with Crippen LogP contribution in [0.15, 0.2) is 29.2 Å². The van der Waals surface area contributed by atoms with Crippen LogP contribution in [-0.2, 0) is 14.8 Å². The highest BCUT2D eigenvalue weighted by molar-refractivity contribution is 7.89. The summed E-state index contributed by atoms with van der Waals surface area (Å²) in [5.41, 5.74) is 4.46. The molecule has 0 aliphatic carbocycles. The molecule has 1 atom stereocenters. The van der Waals surface area contributed by atoms with Crippen molar-refractivity contribution in [3.05, 3.63) is 29.8 Å². The minimum Gasteiger partial charge on any atom is -0.293 e. The lowest BCUT2D eigenvalue weighted by Crippen LogP contribution is -2.65. The molecule has 3 N–H and O–H groups in total. The average molecular weight is 297 g/mol. The Kier molecular flexibility index (Phi) is 4.27. The van der Waals surface area contributed by atoms with Gasteiger partial charge in [0.2, 0.25) is 10.0 Å². The molecule has 1 aliphatic rings. The maximum atomic E-state index is 12.6. The number of quaternary nitrogens is 1. The molecule has 1 unspecified atom stereocenters. The summed E-state index contributed by atoms with van der Waals surface area (Å²) in [5.74, 6) is 0.0255. The van der Waals surface area contributed by atoms with Crippen molar-refractivity contribution in [2.24, 2.45) is 0 Å². The fourth-order valence-corrected chi connectivity index (χ4v) is 4.19. The van der Waals surface area contributed by atoms with Crippen molar-refractivity contribution in [1.29, 1.82) is 0 Å². The van der Waals surface area contributed by atoms with Crippen LogP contribution in [0.4, 0.5) is 0 Å². The quantitative estimate of drug-likeness (QED) is 0.889. The molecular weight excluding hydrogens is 276 g/mol. The monoisotopic (exact) mass is 297 g/mol. The van der Waals surface area contributed by atoms with Crippen LogP contribution in [0.25, 0.3) is 0 Å². The van der Waals surface area contributed by atoms with Crippen molar-refractivity contribution in [3.63, 3.8) is 0 Å². The summed E-state index contributed by atoms with van der Waals surface area (Å²) in [6.07, 6.45) is 1.26. The van der Waals surface area contributed by atoms with E-state index in [1.807, 2.05) is 12.1 Å². The van der Waals surface area contributed by atoms with E-state index in [0.29, 0.717) is 25.3 Å². The van der Waals surface area contributed by atoms with E-state index in [9.17, 15) is 13.2 Å². The van der Waals surface area contributed by atoms with Gasteiger partial charge in [0.25, 0.3) is 0 Å². The summed E-state index contributed by atoms with van der Waals surface area (Å²) in [4.78, 5) is 11.7. The molecule has 0 saturated carbocycles. The number of carbonyl (C=O) groups excluding carboxylic acids is 1. The van der Waals surface area contributed by atoms with Crippen molar-refractivity contribution in [2.75, 3.05) is 6.54 Å². The van der Waals surface area contributed by atoms with E-state index in [0.717, 1.165) is 5.56 Å². The van der Waals surface area contributed by atoms with E-state index in [-0.39, 0.29) is 10.8 Å². The second kappa shape index (κ2) is 5.63. The van der Waals surface area contributed by atoms with Crippen molar-refractivity contribution in [3.8, 4) is 0 Å². The van der Waals surface area contributed by atoms with Crippen LogP contribution in [0.1, 0.15) is 38.2 Å². The predicted molar refractivity (Wildman–Crippen MR) is 75.3 cm³/mol. The first kappa shape index (κ1) is 15.2. The zero-order valence-corrected chi connectivity index (χ0v) is 12.7. The highest BCUT2D eigenvalue weighted by Crippen LogP contribution is 2.26. The first-order chi connectivity index (χ1) is 9.34. The average Bonchev–Trinajstić information content (AvgIpc) is 2.89. The Bertz CT molecular complexity index is 593. The highest BCUT2D eigenvalue weighted by Gasteiger charge is 2.40. The highest BCUT2D eigenvalue weighted by atomic mass is 32.2. The standard InChI is InChI=1S/C14H20N2O3S/c1-10(2)11-5-7-12(8-6-11)20(18,19)16-9-3-4-13(16)14(15)17/h5-8,10,13H,3-4,9H2,1-2H3,(H2,15,17)/p+1. The Hall–Kier alpha value is -1.24. The van der Waals surface area contributed by atoms with E-state index in [2.05, 4.69) is 19.6 Å². The van der Waals surface area contributed by atoms with Gasteiger partial charge in [0.1, 0.15) is 6.04 Å². The number of hydrogen-bond acceptors (Lipinski definition) is 3. The number of hydrogen-bond donors (Lipinski definition) is 1. The van der Waals surface area contributed by atoms with Crippen LogP contribution in [0.5, 0.6) is 0 Å². The van der Waals surface area contributed by atoms with Gasteiger partial charge in [0, 0.05) is 6.54 Å². The summed E-state index contributed by atoms with van der Waals surface area (Å²) < 4.78 is 26.4. The van der Waals surface area contributed by atoms with Crippen molar-refractivity contribution >= 4 is 15.9 Å². The molecule has 1 fully saturated rings. The molecule has 1 saturated heterocycles. The Labute approximate surface area is 119 Å². The van der Waals surface area contributed by atoms with Crippen LogP contribution in [0.3, 0.4) is 0 Å². The molecule has 0 radical (unpaired) electrons. The Morgan fingerprint density at radius 1 is 1.30 bits per heavy atom. The topological polar surface area (TPSA) is 82.1 Å². The third kappa shape index (κ3) is 2.77. The summed E-state index contributed by atoms with van der Waals surface area (Å²) in [7, 11) is -3.60. The predicted octanol–water partition coefficient (Wildman–Crippen LogP) is 0.732. The lowest BCUT2D eigenvalue weighted by atomic mass is 10.0. The molecule has 0 spiro atoms. The minimum absolute atomic E-state index is 0.245. The van der Waals surface area contributed by atoms with E-state index in [1.54, 1.807) is 12.1 Å². The first-order valence-corrected chi connectivity index (χ1v) is 8.25. The van der Waals surface area contributed by atoms with Gasteiger partial charge in [0.15, 0.2) is 0 Å². The third-order valence-corrected chi connectivity index (χ3v) is 5.65. The molecule has 5 nitrogen and oxygen atoms in total. The lowest BCUT2D eigenvalue weighted by molar-refractivity contribution is -0.309. The Morgan fingerprint density at radius 3 is 2.40 bits per heavy atom. The zero-order valence-electron chi connectivity index (χ0n) is 11.9. The van der Waals surface area contributed by atoms with Crippen LogP contribution in [-0.4, -0.2) is 31.2 Å². The molecule has 6 heteroatoms. The molecule has 0 bridgehead atoms. The maximum absolute atomic E-state index is 12.6. The summed E-state index contributed by atoms with van der Waals surface area (Å²) in [6.45, 7) is 4.50. The van der Waals surface area contributed by atoms with Crippen molar-refractivity contribution in [2.45, 2.75) is 43.5 Å². The van der Waals surface area contributed by atoms with E-state index in [4.69, 9.17) is 0 Å². The number of sulfonamides is 1. The normalized spacial score (nSPS) is 20.5. The van der Waals surface area contributed by atoms with Gasteiger partial charge in [-0.15, -0.1) is 0 Å². The van der Waals surface area contributed by atoms with E-state index < -0.39 is 16.1 Å². The maximum Gasteiger partial charge on any atom is 0.327 e. The van der Waals surface area contributed by atoms with E-state index in [1.165, 1.54) is 4.31 Å². The zero-order chi connectivity index (χ0) is 14.9. The van der Waals surface area contributed by atoms with Gasteiger partial charge in [-0.3, -0.25) is 5.73 Å². The minimum atomic E-state index is -3.60. The number of carbonyl (C=O) groups is 1. The van der Waals surface area contributed by atoms with Gasteiger partial charge >= 0.3 is 5.91 Å². The van der Waals surface area contributed by atoms with Gasteiger partial charge in [-0.2, -0.15) is 4.31 Å². The van der Waals surface area contributed by atoms with Gasteiger partial charge in [-0.05, 0) is 36.5 Å². The fourth-order valence-electron chi connectivity index (χ4n) is 2.51. The number of benzene rings is 1. The number of amides is 1. The molecule has 1 aromatic carbocycles. The van der Waals surface area contributed by atoms with Gasteiger partial charge in [0.05, 0.1) is 4.90 Å². The lowest BCUT2D eigenvalue weighted by Gasteiger charge is -2.20. The molecule has 1 aromatic rings. The van der Waals surface area contributed by atoms with Crippen LogP contribution >= 0.6 is 0 Å². The molecule has 1 amide bonds. The van der Waals surface area contributed by atoms with Gasteiger partial charge in [-0.25, -0.2) is 13.2 Å². The largest absolute Gasteiger partial charge is 0.327 e. The Balaban J connectivity index is 2.32. The Morgan fingerprint density at radius 2 is 1.90 bits per heavy atom.